The second-order valence-corrected chi connectivity index (χ2v) is 4.71. The molecule has 24 heavy (non-hydrogen) atoms. The maximum Gasteiger partial charge on any atom is 0.336 e. The summed E-state index contributed by atoms with van der Waals surface area (Å²) in [5.41, 5.74) is 1.14. The van der Waals surface area contributed by atoms with Crippen LogP contribution in [0.1, 0.15) is 18.9 Å². The average molecular weight is 342 g/mol. The molecular weight excluding hydrogens is 331 g/mol. The van der Waals surface area contributed by atoms with Crippen molar-refractivity contribution >= 4 is 11.5 Å². The highest BCUT2D eigenvalue weighted by Gasteiger charge is 2.28. The SMILES string of the molecule is CCC(=CC(=O)Oc1c(F)c(F)c(F)c(F)c1F)c1ccccc1. The second-order valence-electron chi connectivity index (χ2n) is 4.71. The Morgan fingerprint density at radius 3 is 1.92 bits per heavy atom. The Morgan fingerprint density at radius 2 is 1.42 bits per heavy atom. The fourth-order valence-corrected chi connectivity index (χ4v) is 1.99. The first-order valence-electron chi connectivity index (χ1n) is 6.86. The minimum absolute atomic E-state index is 0.385. The summed E-state index contributed by atoms with van der Waals surface area (Å²) in [7, 11) is 0. The molecule has 2 nitrogen and oxygen atoms in total. The summed E-state index contributed by atoms with van der Waals surface area (Å²) in [5, 5.41) is 0. The molecule has 0 aliphatic carbocycles. The third kappa shape index (κ3) is 3.45. The summed E-state index contributed by atoms with van der Waals surface area (Å²) in [5.74, 6) is -14.0. The summed E-state index contributed by atoms with van der Waals surface area (Å²) >= 11 is 0. The topological polar surface area (TPSA) is 26.3 Å². The molecule has 0 bridgehead atoms. The number of carbonyl (C=O) groups excluding carboxylic acids is 1. The maximum atomic E-state index is 13.5. The number of esters is 1. The van der Waals surface area contributed by atoms with Gasteiger partial charge in [-0.1, -0.05) is 37.3 Å². The molecule has 0 aliphatic heterocycles. The lowest BCUT2D eigenvalue weighted by atomic mass is 10.0. The van der Waals surface area contributed by atoms with Crippen molar-refractivity contribution in [1.29, 1.82) is 0 Å². The van der Waals surface area contributed by atoms with Crippen LogP contribution in [0.3, 0.4) is 0 Å². The first kappa shape index (κ1) is 17.7. The van der Waals surface area contributed by atoms with Gasteiger partial charge in [-0.3, -0.25) is 0 Å². The summed E-state index contributed by atoms with van der Waals surface area (Å²) < 4.78 is 70.4. The van der Waals surface area contributed by atoms with Crippen LogP contribution in [-0.2, 0) is 4.79 Å². The Bertz CT molecular complexity index is 771. The number of benzene rings is 2. The van der Waals surface area contributed by atoms with Gasteiger partial charge in [-0.25, -0.2) is 18.0 Å². The van der Waals surface area contributed by atoms with E-state index in [9.17, 15) is 26.7 Å². The van der Waals surface area contributed by atoms with Crippen LogP contribution >= 0.6 is 0 Å². The highest BCUT2D eigenvalue weighted by molar-refractivity contribution is 5.92. The first-order valence-corrected chi connectivity index (χ1v) is 6.86. The van der Waals surface area contributed by atoms with Gasteiger partial charge in [-0.05, 0) is 17.6 Å². The van der Waals surface area contributed by atoms with Gasteiger partial charge in [-0.2, -0.15) is 8.78 Å². The predicted molar refractivity (Wildman–Crippen MR) is 76.6 cm³/mol. The normalized spacial score (nSPS) is 11.5. The molecule has 0 N–H and O–H groups in total. The van der Waals surface area contributed by atoms with Gasteiger partial charge in [0.1, 0.15) is 0 Å². The second kappa shape index (κ2) is 7.25. The number of hydrogen-bond donors (Lipinski definition) is 0. The van der Waals surface area contributed by atoms with Crippen molar-refractivity contribution in [2.24, 2.45) is 0 Å². The molecule has 0 fully saturated rings. The molecule has 0 unspecified atom stereocenters. The van der Waals surface area contributed by atoms with Crippen LogP contribution in [0.4, 0.5) is 22.0 Å². The van der Waals surface area contributed by atoms with Crippen LogP contribution in [0.5, 0.6) is 5.75 Å². The van der Waals surface area contributed by atoms with Gasteiger partial charge in [-0.15, -0.1) is 0 Å². The lowest BCUT2D eigenvalue weighted by molar-refractivity contribution is -0.129. The van der Waals surface area contributed by atoms with Crippen molar-refractivity contribution in [3.05, 3.63) is 71.1 Å². The van der Waals surface area contributed by atoms with Crippen molar-refractivity contribution in [3.8, 4) is 5.75 Å². The summed E-state index contributed by atoms with van der Waals surface area (Å²) in [6.45, 7) is 1.73. The van der Waals surface area contributed by atoms with E-state index >= 15 is 0 Å². The van der Waals surface area contributed by atoms with Crippen molar-refractivity contribution in [3.63, 3.8) is 0 Å². The molecule has 2 aromatic rings. The predicted octanol–water partition coefficient (Wildman–Crippen LogP) is 4.78. The fraction of sp³-hybridized carbons (Fsp3) is 0.118. The third-order valence-corrected chi connectivity index (χ3v) is 3.19. The molecule has 0 saturated heterocycles. The lowest BCUT2D eigenvalue weighted by Gasteiger charge is -2.08. The Labute approximate surface area is 134 Å². The maximum absolute atomic E-state index is 13.5. The van der Waals surface area contributed by atoms with Gasteiger partial charge >= 0.3 is 5.97 Å². The van der Waals surface area contributed by atoms with Gasteiger partial charge in [0.2, 0.25) is 34.8 Å². The van der Waals surface area contributed by atoms with Crippen molar-refractivity contribution in [2.45, 2.75) is 13.3 Å². The molecule has 0 aromatic heterocycles. The molecule has 126 valence electrons. The fourth-order valence-electron chi connectivity index (χ4n) is 1.99. The lowest BCUT2D eigenvalue weighted by Crippen LogP contribution is -2.12. The number of halogens is 5. The van der Waals surface area contributed by atoms with Crippen molar-refractivity contribution in [2.75, 3.05) is 0 Å². The van der Waals surface area contributed by atoms with E-state index in [1.807, 2.05) is 0 Å². The van der Waals surface area contributed by atoms with E-state index in [1.165, 1.54) is 0 Å². The van der Waals surface area contributed by atoms with Crippen LogP contribution in [0.15, 0.2) is 36.4 Å². The summed E-state index contributed by atoms with van der Waals surface area (Å²) in [4.78, 5) is 11.8. The average Bonchev–Trinajstić information content (AvgIpc) is 2.60. The summed E-state index contributed by atoms with van der Waals surface area (Å²) in [6.07, 6.45) is 1.32. The molecule has 7 heteroatoms. The van der Waals surface area contributed by atoms with E-state index in [2.05, 4.69) is 4.74 Å². The zero-order valence-corrected chi connectivity index (χ0v) is 12.4. The molecule has 0 radical (unpaired) electrons. The van der Waals surface area contributed by atoms with Crippen molar-refractivity contribution in [1.82, 2.24) is 0 Å². The molecule has 0 heterocycles. The van der Waals surface area contributed by atoms with Gasteiger partial charge in [0.25, 0.3) is 0 Å². The largest absolute Gasteiger partial charge is 0.417 e. The number of allylic oxidation sites excluding steroid dienone is 1. The Morgan fingerprint density at radius 1 is 0.917 bits per heavy atom. The first-order chi connectivity index (χ1) is 11.4. The molecule has 2 rings (SSSR count). The van der Waals surface area contributed by atoms with Crippen LogP contribution in [0, 0.1) is 29.1 Å². The third-order valence-electron chi connectivity index (χ3n) is 3.19. The van der Waals surface area contributed by atoms with Crippen LogP contribution < -0.4 is 4.74 Å². The molecule has 0 amide bonds. The Balaban J connectivity index is 2.35. The number of carbonyl (C=O) groups is 1. The number of rotatable bonds is 4. The van der Waals surface area contributed by atoms with E-state index in [1.54, 1.807) is 37.3 Å². The van der Waals surface area contributed by atoms with Gasteiger partial charge < -0.3 is 4.74 Å². The smallest absolute Gasteiger partial charge is 0.336 e. The van der Waals surface area contributed by atoms with Gasteiger partial charge in [0.05, 0.1) is 0 Å². The van der Waals surface area contributed by atoms with Gasteiger partial charge in [0, 0.05) is 6.08 Å². The van der Waals surface area contributed by atoms with Crippen LogP contribution in [-0.4, -0.2) is 5.97 Å². The zero-order chi connectivity index (χ0) is 17.9. The Kier molecular flexibility index (Phi) is 5.33. The monoisotopic (exact) mass is 342 g/mol. The van der Waals surface area contributed by atoms with Gasteiger partial charge in [0.15, 0.2) is 0 Å². The molecule has 0 atom stereocenters. The molecule has 0 aliphatic rings. The quantitative estimate of drug-likeness (QED) is 0.200. The molecule has 2 aromatic carbocycles. The standard InChI is InChI=1S/C17H11F5O2/c1-2-9(10-6-4-3-5-7-10)8-11(23)24-17-15(21)13(19)12(18)14(20)16(17)22/h3-8H,2H2,1H3. The zero-order valence-electron chi connectivity index (χ0n) is 12.4. The van der Waals surface area contributed by atoms with E-state index in [-0.39, 0.29) is 0 Å². The van der Waals surface area contributed by atoms with Crippen molar-refractivity contribution < 1.29 is 31.5 Å². The molecule has 0 saturated carbocycles. The minimum atomic E-state index is -2.32. The number of ether oxygens (including phenoxy) is 1. The molecular formula is C17H11F5O2. The van der Waals surface area contributed by atoms with E-state index < -0.39 is 40.8 Å². The van der Waals surface area contributed by atoms with Crippen LogP contribution in [0.25, 0.3) is 5.57 Å². The number of hydrogen-bond acceptors (Lipinski definition) is 2. The van der Waals surface area contributed by atoms with E-state index in [0.29, 0.717) is 17.6 Å². The minimum Gasteiger partial charge on any atom is -0.417 e. The van der Waals surface area contributed by atoms with Crippen LogP contribution in [0.2, 0.25) is 0 Å². The summed E-state index contributed by atoms with van der Waals surface area (Å²) in [6, 6.07) is 8.58. The molecule has 0 spiro atoms. The van der Waals surface area contributed by atoms with E-state index in [4.69, 9.17) is 0 Å². The highest BCUT2D eigenvalue weighted by atomic mass is 19.2. The van der Waals surface area contributed by atoms with E-state index in [0.717, 1.165) is 6.08 Å². The highest BCUT2D eigenvalue weighted by Crippen LogP contribution is 2.29. The Hall–Kier alpha value is -2.70.